The molecule has 1 aliphatic rings. The van der Waals surface area contributed by atoms with Crippen LogP contribution in [0.3, 0.4) is 0 Å². The highest BCUT2D eigenvalue weighted by Crippen LogP contribution is 2.37. The molecule has 302 valence electrons. The highest BCUT2D eigenvalue weighted by Gasteiger charge is 2.21. The van der Waals surface area contributed by atoms with Crippen LogP contribution in [0.2, 0.25) is 0 Å². The Kier molecular flexibility index (Phi) is 8.15. The van der Waals surface area contributed by atoms with Gasteiger partial charge in [0.2, 0.25) is 0 Å². The Labute approximate surface area is 368 Å². The topological polar surface area (TPSA) is 61.7 Å². The summed E-state index contributed by atoms with van der Waals surface area (Å²) in [6.45, 7) is 2.30. The normalized spacial score (nSPS) is 13.7. The van der Waals surface area contributed by atoms with E-state index >= 15 is 0 Å². The van der Waals surface area contributed by atoms with Gasteiger partial charge in [-0.3, -0.25) is 0 Å². The average Bonchev–Trinajstić information content (AvgIpc) is 4.01. The van der Waals surface area contributed by atoms with Gasteiger partial charge in [-0.2, -0.15) is 0 Å². The van der Waals surface area contributed by atoms with Crippen LogP contribution in [0.15, 0.2) is 192 Å². The van der Waals surface area contributed by atoms with Crippen molar-refractivity contribution in [2.45, 2.75) is 13.3 Å². The van der Waals surface area contributed by atoms with Gasteiger partial charge in [0.1, 0.15) is 11.2 Å². The number of hydrogen-bond acceptors (Lipinski definition) is 4. The fraction of sp³-hybridized carbons (Fsp3) is 0.0517. The van der Waals surface area contributed by atoms with Crippen molar-refractivity contribution in [3.05, 3.63) is 199 Å². The molecule has 4 aromatic heterocycles. The summed E-state index contributed by atoms with van der Waals surface area (Å²) in [5.41, 5.74) is 12.6. The van der Waals surface area contributed by atoms with Gasteiger partial charge >= 0.3 is 0 Å². The number of para-hydroxylation sites is 2. The van der Waals surface area contributed by atoms with Crippen LogP contribution >= 0.6 is 0 Å². The van der Waals surface area contributed by atoms with Crippen LogP contribution in [0.5, 0.6) is 0 Å². The van der Waals surface area contributed by atoms with Crippen molar-refractivity contribution in [2.24, 2.45) is 5.92 Å². The Morgan fingerprint density at radius 1 is 0.453 bits per heavy atom. The summed E-state index contributed by atoms with van der Waals surface area (Å²) in [6.07, 6.45) is 5.84. The number of furan rings is 1. The van der Waals surface area contributed by atoms with Crippen LogP contribution < -0.4 is 10.6 Å². The van der Waals surface area contributed by atoms with E-state index in [1.54, 1.807) is 0 Å². The third-order valence-corrected chi connectivity index (χ3v) is 12.9. The molecule has 8 aromatic carbocycles. The van der Waals surface area contributed by atoms with Crippen LogP contribution in [0.1, 0.15) is 13.3 Å². The van der Waals surface area contributed by atoms with E-state index in [1.807, 2.05) is 66.7 Å². The van der Waals surface area contributed by atoms with E-state index < -0.39 is 0 Å². The molecule has 6 heteroatoms. The molecular weight excluding hydrogens is 783 g/mol. The highest BCUT2D eigenvalue weighted by molar-refractivity contribution is 6.15. The number of rotatable bonds is 6. The zero-order valence-corrected chi connectivity index (χ0v) is 35.0. The molecule has 1 unspecified atom stereocenters. The van der Waals surface area contributed by atoms with Gasteiger partial charge in [0.15, 0.2) is 17.5 Å². The van der Waals surface area contributed by atoms with E-state index in [1.165, 1.54) is 26.7 Å². The van der Waals surface area contributed by atoms with Crippen molar-refractivity contribution in [3.63, 3.8) is 0 Å². The lowest BCUT2D eigenvalue weighted by Crippen LogP contribution is -2.31. The maximum absolute atomic E-state index is 6.64. The molecule has 0 spiro atoms. The van der Waals surface area contributed by atoms with Crippen molar-refractivity contribution in [3.8, 4) is 56.7 Å². The standard InChI is InChI=1S/C58H39N5O/c1-36-26-28-47-52(32-36)63(51-31-29-46-45-23-9-11-25-53(45)64-55(46)54(47)51)43-27-30-50-48(35-43)44-22-8-10-24-49(44)62(50)42-21-13-19-40(34-42)39-18-12-20-41(33-39)58-60-56(37-14-4-2-5-15-37)59-57(61-58)38-16-6-3-7-17-38/h2-25,27-36H,26H2,1H3. The summed E-state index contributed by atoms with van der Waals surface area (Å²) >= 11 is 0. The first-order valence-corrected chi connectivity index (χ1v) is 21.9. The number of nitrogens with zero attached hydrogens (tertiary/aromatic N) is 5. The summed E-state index contributed by atoms with van der Waals surface area (Å²) in [5, 5.41) is 8.37. The molecule has 13 rings (SSSR count). The van der Waals surface area contributed by atoms with Gasteiger partial charge in [-0.1, -0.05) is 146 Å². The molecule has 0 saturated heterocycles. The minimum absolute atomic E-state index is 0.427. The first-order valence-electron chi connectivity index (χ1n) is 21.9. The largest absolute Gasteiger partial charge is 0.455 e. The zero-order chi connectivity index (χ0) is 42.3. The van der Waals surface area contributed by atoms with Crippen LogP contribution in [0.4, 0.5) is 0 Å². The van der Waals surface area contributed by atoms with Gasteiger partial charge in [0, 0.05) is 54.8 Å². The predicted octanol–water partition coefficient (Wildman–Crippen LogP) is 13.1. The number of benzene rings is 8. The third-order valence-electron chi connectivity index (χ3n) is 12.9. The Hall–Kier alpha value is -8.35. The number of hydrogen-bond donors (Lipinski definition) is 0. The van der Waals surface area contributed by atoms with E-state index in [0.29, 0.717) is 23.4 Å². The zero-order valence-electron chi connectivity index (χ0n) is 35.0. The van der Waals surface area contributed by atoms with Crippen molar-refractivity contribution < 1.29 is 4.42 Å². The summed E-state index contributed by atoms with van der Waals surface area (Å²) < 4.78 is 11.5. The second-order valence-electron chi connectivity index (χ2n) is 16.9. The smallest absolute Gasteiger partial charge is 0.164 e. The molecule has 1 atom stereocenters. The van der Waals surface area contributed by atoms with Gasteiger partial charge in [0.25, 0.3) is 0 Å². The Morgan fingerprint density at radius 3 is 1.83 bits per heavy atom. The van der Waals surface area contributed by atoms with Crippen LogP contribution in [0, 0.1) is 5.92 Å². The quantitative estimate of drug-likeness (QED) is 0.168. The first-order chi connectivity index (χ1) is 31.6. The van der Waals surface area contributed by atoms with E-state index in [4.69, 9.17) is 19.4 Å². The second-order valence-corrected chi connectivity index (χ2v) is 16.9. The molecule has 12 aromatic rings. The lowest BCUT2D eigenvalue weighted by Gasteiger charge is -2.13. The molecule has 1 aliphatic carbocycles. The molecule has 0 fully saturated rings. The molecule has 0 saturated carbocycles. The van der Waals surface area contributed by atoms with Gasteiger partial charge in [-0.15, -0.1) is 0 Å². The van der Waals surface area contributed by atoms with Gasteiger partial charge in [0.05, 0.1) is 27.3 Å². The van der Waals surface area contributed by atoms with Crippen molar-refractivity contribution >= 4 is 66.8 Å². The molecule has 0 radical (unpaired) electrons. The summed E-state index contributed by atoms with van der Waals surface area (Å²) in [4.78, 5) is 14.9. The van der Waals surface area contributed by atoms with E-state index in [0.717, 1.165) is 84.1 Å². The van der Waals surface area contributed by atoms with E-state index in [-0.39, 0.29) is 0 Å². The number of aromatic nitrogens is 5. The maximum atomic E-state index is 6.64. The van der Waals surface area contributed by atoms with E-state index in [2.05, 4.69) is 150 Å². The molecule has 6 nitrogen and oxygen atoms in total. The molecule has 0 bridgehead atoms. The van der Waals surface area contributed by atoms with E-state index in [9.17, 15) is 0 Å². The molecule has 64 heavy (non-hydrogen) atoms. The lowest BCUT2D eigenvalue weighted by molar-refractivity contribution is 0.672. The van der Waals surface area contributed by atoms with Crippen LogP contribution in [-0.4, -0.2) is 24.1 Å². The fourth-order valence-corrected chi connectivity index (χ4v) is 9.87. The Morgan fingerprint density at radius 2 is 1.05 bits per heavy atom. The molecule has 0 N–H and O–H groups in total. The van der Waals surface area contributed by atoms with Crippen molar-refractivity contribution in [1.29, 1.82) is 0 Å². The molecule has 4 heterocycles. The molecular formula is C58H39N5O. The second kappa shape index (κ2) is 14.4. The summed E-state index contributed by atoms with van der Waals surface area (Å²) in [5.74, 6) is 2.35. The predicted molar refractivity (Wildman–Crippen MR) is 262 cm³/mol. The molecule has 0 amide bonds. The minimum atomic E-state index is 0.427. The van der Waals surface area contributed by atoms with Gasteiger partial charge < -0.3 is 13.6 Å². The summed E-state index contributed by atoms with van der Waals surface area (Å²) in [6, 6.07) is 66.1. The Bertz CT molecular complexity index is 3900. The van der Waals surface area contributed by atoms with Crippen LogP contribution in [0.25, 0.3) is 123 Å². The first kappa shape index (κ1) is 36.3. The minimum Gasteiger partial charge on any atom is -0.455 e. The third kappa shape index (κ3) is 5.76. The fourth-order valence-electron chi connectivity index (χ4n) is 9.87. The molecule has 0 aliphatic heterocycles. The van der Waals surface area contributed by atoms with Crippen LogP contribution in [-0.2, 0) is 0 Å². The average molecular weight is 822 g/mol. The summed E-state index contributed by atoms with van der Waals surface area (Å²) in [7, 11) is 0. The lowest BCUT2D eigenvalue weighted by atomic mass is 10.0. The van der Waals surface area contributed by atoms with Gasteiger partial charge in [-0.25, -0.2) is 15.0 Å². The highest BCUT2D eigenvalue weighted by atomic mass is 16.3. The SMILES string of the molecule is CC1C=c2c(c3c4oc5ccccc5c4ccc3n2-c2ccc3c(c2)c2ccccc2n3-c2cccc(-c3cccc(-c4nc(-c5ccccc5)nc(-c5ccccc5)n4)c3)c2)=CC1. The number of fused-ring (bicyclic) bond motifs is 10. The maximum Gasteiger partial charge on any atom is 0.164 e. The monoisotopic (exact) mass is 821 g/mol. The van der Waals surface area contributed by atoms with Crippen molar-refractivity contribution in [2.75, 3.05) is 0 Å². The Balaban J connectivity index is 0.942. The van der Waals surface area contributed by atoms with Crippen molar-refractivity contribution in [1.82, 2.24) is 24.1 Å². The van der Waals surface area contributed by atoms with Gasteiger partial charge in [-0.05, 0) is 84.1 Å².